The van der Waals surface area contributed by atoms with Crippen molar-refractivity contribution >= 4 is 28.8 Å². The molecule has 0 radical (unpaired) electrons. The van der Waals surface area contributed by atoms with Gasteiger partial charge in [0, 0.05) is 41.3 Å². The normalized spacial score (nSPS) is 11.2. The van der Waals surface area contributed by atoms with Crippen LogP contribution in [0.15, 0.2) is 65.9 Å². The molecule has 3 aromatic rings. The van der Waals surface area contributed by atoms with Crippen LogP contribution >= 0.6 is 11.6 Å². The average molecular weight is 397 g/mol. The minimum absolute atomic E-state index is 0.348. The molecule has 0 aliphatic rings. The largest absolute Gasteiger partial charge is 0.493 e. The quantitative estimate of drug-likeness (QED) is 0.457. The zero-order chi connectivity index (χ0) is 19.9. The molecule has 0 fully saturated rings. The van der Waals surface area contributed by atoms with Gasteiger partial charge in [-0.3, -0.25) is 4.98 Å². The Morgan fingerprint density at radius 3 is 2.32 bits per heavy atom. The minimum Gasteiger partial charge on any atom is -0.493 e. The molecule has 0 atom stereocenters. The number of halogens is 1. The highest BCUT2D eigenvalue weighted by atomic mass is 35.5. The molecule has 0 aliphatic carbocycles. The molecule has 0 spiro atoms. The van der Waals surface area contributed by atoms with E-state index in [0.717, 1.165) is 11.3 Å². The van der Waals surface area contributed by atoms with Crippen molar-refractivity contribution in [2.24, 2.45) is 10.7 Å². The van der Waals surface area contributed by atoms with E-state index in [1.54, 1.807) is 50.9 Å². The zero-order valence-electron chi connectivity index (χ0n) is 15.6. The molecule has 7 heteroatoms. The molecule has 0 bridgehead atoms. The summed E-state index contributed by atoms with van der Waals surface area (Å²) in [4.78, 5) is 8.54. The van der Waals surface area contributed by atoms with Gasteiger partial charge in [-0.05, 0) is 48.0 Å². The van der Waals surface area contributed by atoms with Crippen LogP contribution in [-0.4, -0.2) is 25.0 Å². The summed E-state index contributed by atoms with van der Waals surface area (Å²) in [7, 11) is 3.17. The number of pyridine rings is 1. The van der Waals surface area contributed by atoms with E-state index in [1.807, 2.05) is 24.3 Å². The fraction of sp³-hybridized carbons (Fsp3) is 0.143. The first-order valence-electron chi connectivity index (χ1n) is 8.59. The number of nitrogens with zero attached hydrogens (tertiary/aromatic N) is 2. The molecule has 0 aliphatic heterocycles. The van der Waals surface area contributed by atoms with Crippen LogP contribution in [0.4, 0.5) is 11.4 Å². The summed E-state index contributed by atoms with van der Waals surface area (Å²) < 4.78 is 10.8. The van der Waals surface area contributed by atoms with Gasteiger partial charge < -0.3 is 20.5 Å². The number of hydrogen-bond acceptors (Lipinski definition) is 5. The summed E-state index contributed by atoms with van der Waals surface area (Å²) in [5.41, 5.74) is 9.60. The van der Waals surface area contributed by atoms with Crippen LogP contribution in [-0.2, 0) is 6.54 Å². The lowest BCUT2D eigenvalue weighted by Crippen LogP contribution is -2.16. The highest BCUT2D eigenvalue weighted by molar-refractivity contribution is 6.30. The second-order valence-electron chi connectivity index (χ2n) is 5.94. The maximum Gasteiger partial charge on any atom is 0.162 e. The molecule has 28 heavy (non-hydrogen) atoms. The lowest BCUT2D eigenvalue weighted by Gasteiger charge is -2.16. The molecule has 1 heterocycles. The van der Waals surface area contributed by atoms with Crippen LogP contribution in [0.2, 0.25) is 5.02 Å². The number of methoxy groups -OCH3 is 2. The van der Waals surface area contributed by atoms with Crippen LogP contribution in [0.5, 0.6) is 11.5 Å². The second kappa shape index (κ2) is 9.10. The fourth-order valence-corrected chi connectivity index (χ4v) is 2.78. The molecule has 0 saturated carbocycles. The van der Waals surface area contributed by atoms with E-state index in [9.17, 15) is 0 Å². The first-order chi connectivity index (χ1) is 13.6. The third kappa shape index (κ3) is 4.72. The van der Waals surface area contributed by atoms with Crippen molar-refractivity contribution in [2.45, 2.75) is 6.54 Å². The van der Waals surface area contributed by atoms with E-state index in [1.165, 1.54) is 0 Å². The van der Waals surface area contributed by atoms with Crippen LogP contribution in [0.1, 0.15) is 11.1 Å². The summed E-state index contributed by atoms with van der Waals surface area (Å²) in [5, 5.41) is 4.03. The first-order valence-corrected chi connectivity index (χ1v) is 8.97. The van der Waals surface area contributed by atoms with E-state index in [4.69, 9.17) is 26.8 Å². The Hall–Kier alpha value is -3.25. The topological polar surface area (TPSA) is 81.8 Å². The predicted octanol–water partition coefficient (Wildman–Crippen LogP) is 4.40. The van der Waals surface area contributed by atoms with Gasteiger partial charge in [-0.2, -0.15) is 0 Å². The highest BCUT2D eigenvalue weighted by Crippen LogP contribution is 2.34. The van der Waals surface area contributed by atoms with Gasteiger partial charge >= 0.3 is 0 Å². The van der Waals surface area contributed by atoms with E-state index < -0.39 is 0 Å². The van der Waals surface area contributed by atoms with Crippen molar-refractivity contribution in [3.05, 3.63) is 77.1 Å². The molecule has 0 unspecified atom stereocenters. The molecule has 6 nitrogen and oxygen atoms in total. The molecular formula is C21H21ClN4O2. The number of nitrogens with two attached hydrogens (primary N) is 1. The molecule has 2 aromatic carbocycles. The van der Waals surface area contributed by atoms with Crippen molar-refractivity contribution in [3.63, 3.8) is 0 Å². The number of ether oxygens (including phenoxy) is 2. The van der Waals surface area contributed by atoms with Crippen molar-refractivity contribution in [3.8, 4) is 11.5 Å². The van der Waals surface area contributed by atoms with Crippen LogP contribution in [0.25, 0.3) is 0 Å². The third-order valence-electron chi connectivity index (χ3n) is 4.11. The molecule has 0 amide bonds. The van der Waals surface area contributed by atoms with Gasteiger partial charge in [0.25, 0.3) is 0 Å². The highest BCUT2D eigenvalue weighted by Gasteiger charge is 2.14. The Bertz CT molecular complexity index is 960. The first kappa shape index (κ1) is 19.5. The lowest BCUT2D eigenvalue weighted by molar-refractivity contribution is 0.355. The summed E-state index contributed by atoms with van der Waals surface area (Å²) >= 11 is 5.94. The number of anilines is 1. The van der Waals surface area contributed by atoms with Crippen molar-refractivity contribution < 1.29 is 9.47 Å². The molecule has 144 valence electrons. The van der Waals surface area contributed by atoms with Crippen molar-refractivity contribution in [1.82, 2.24) is 4.98 Å². The fourth-order valence-electron chi connectivity index (χ4n) is 2.65. The molecule has 1 aromatic heterocycles. The van der Waals surface area contributed by atoms with Gasteiger partial charge in [-0.25, -0.2) is 4.99 Å². The summed E-state index contributed by atoms with van der Waals surface area (Å²) in [6, 6.07) is 14.7. The smallest absolute Gasteiger partial charge is 0.162 e. The molecule has 0 saturated heterocycles. The summed E-state index contributed by atoms with van der Waals surface area (Å²) in [6.45, 7) is 0.596. The minimum atomic E-state index is 0.348. The van der Waals surface area contributed by atoms with Gasteiger partial charge in [-0.15, -0.1) is 0 Å². The van der Waals surface area contributed by atoms with Crippen LogP contribution in [0.3, 0.4) is 0 Å². The monoisotopic (exact) mass is 396 g/mol. The Labute approximate surface area is 169 Å². The summed E-state index contributed by atoms with van der Waals surface area (Å²) in [5.74, 6) is 1.52. The number of nitrogens with one attached hydrogen (secondary N) is 1. The van der Waals surface area contributed by atoms with Gasteiger partial charge in [0.05, 0.1) is 19.9 Å². The molecule has 3 rings (SSSR count). The Balaban J connectivity index is 1.97. The van der Waals surface area contributed by atoms with Gasteiger partial charge in [0.15, 0.2) is 11.5 Å². The van der Waals surface area contributed by atoms with Gasteiger partial charge in [0.1, 0.15) is 5.84 Å². The average Bonchev–Trinajstić information content (AvgIpc) is 2.73. The number of rotatable bonds is 7. The zero-order valence-corrected chi connectivity index (χ0v) is 16.4. The van der Waals surface area contributed by atoms with E-state index in [0.29, 0.717) is 40.2 Å². The molecular weight excluding hydrogens is 376 g/mol. The van der Waals surface area contributed by atoms with E-state index in [-0.39, 0.29) is 0 Å². The second-order valence-corrected chi connectivity index (χ2v) is 6.37. The van der Waals surface area contributed by atoms with Crippen molar-refractivity contribution in [1.29, 1.82) is 0 Å². The third-order valence-corrected chi connectivity index (χ3v) is 4.36. The van der Waals surface area contributed by atoms with Crippen molar-refractivity contribution in [2.75, 3.05) is 19.5 Å². The Morgan fingerprint density at radius 2 is 1.68 bits per heavy atom. The van der Waals surface area contributed by atoms with Gasteiger partial charge in [-0.1, -0.05) is 11.6 Å². The summed E-state index contributed by atoms with van der Waals surface area (Å²) in [6.07, 6.45) is 3.51. The number of benzene rings is 2. The SMILES string of the molecule is COc1cc(NCc2ccncc2)c(C(N)=Nc2ccc(Cl)cc2)cc1OC. The maximum absolute atomic E-state index is 6.32. The van der Waals surface area contributed by atoms with Crippen LogP contribution in [0, 0.1) is 0 Å². The Kier molecular flexibility index (Phi) is 6.34. The molecule has 3 N–H and O–H groups in total. The van der Waals surface area contributed by atoms with Crippen LogP contribution < -0.4 is 20.5 Å². The lowest BCUT2D eigenvalue weighted by atomic mass is 10.1. The predicted molar refractivity (Wildman–Crippen MR) is 113 cm³/mol. The number of aromatic nitrogens is 1. The van der Waals surface area contributed by atoms with Gasteiger partial charge in [0.2, 0.25) is 0 Å². The standard InChI is InChI=1S/C21H21ClN4O2/c1-27-19-11-17(21(23)26-16-5-3-15(22)4-6-16)18(12-20(19)28-2)25-13-14-7-9-24-10-8-14/h3-12,25H,13H2,1-2H3,(H2,23,26). The maximum atomic E-state index is 6.32. The number of amidine groups is 1. The van der Waals surface area contributed by atoms with E-state index >= 15 is 0 Å². The Morgan fingerprint density at radius 1 is 1.04 bits per heavy atom. The number of hydrogen-bond donors (Lipinski definition) is 2. The number of aliphatic imine (C=N–C) groups is 1. The van der Waals surface area contributed by atoms with E-state index in [2.05, 4.69) is 15.3 Å².